The Hall–Kier alpha value is -4.31. The van der Waals surface area contributed by atoms with Gasteiger partial charge in [0, 0.05) is 17.9 Å². The standard InChI is InChI=1S/C31H26N2O2/c1-22-12-11-17-25(20-22)27(21-28(34)23-13-5-2-6-14-23)29-30(24-15-7-3-8-16-24)32-33(31(29)35)26-18-9-4-10-19-26/h2-20,27,29H,21H2,1H3/t27-,29-/m0/s1. The fraction of sp³-hybridized carbons (Fsp3) is 0.129. The summed E-state index contributed by atoms with van der Waals surface area (Å²) < 4.78 is 0. The number of hydrazone groups is 1. The number of amides is 1. The van der Waals surface area contributed by atoms with Gasteiger partial charge in [-0.3, -0.25) is 9.59 Å². The summed E-state index contributed by atoms with van der Waals surface area (Å²) in [4.78, 5) is 27.4. The molecule has 4 nitrogen and oxygen atoms in total. The molecular weight excluding hydrogens is 432 g/mol. The maximum Gasteiger partial charge on any atom is 0.257 e. The van der Waals surface area contributed by atoms with E-state index in [1.54, 1.807) is 0 Å². The highest BCUT2D eigenvalue weighted by atomic mass is 16.2. The molecule has 0 spiro atoms. The molecule has 0 bridgehead atoms. The lowest BCUT2D eigenvalue weighted by atomic mass is 9.77. The minimum atomic E-state index is -0.591. The van der Waals surface area contributed by atoms with E-state index in [0.29, 0.717) is 17.0 Å². The van der Waals surface area contributed by atoms with E-state index < -0.39 is 5.92 Å². The van der Waals surface area contributed by atoms with Crippen LogP contribution < -0.4 is 5.01 Å². The van der Waals surface area contributed by atoms with Gasteiger partial charge in [-0.2, -0.15) is 10.1 Å². The number of anilines is 1. The molecule has 1 heterocycles. The number of benzene rings is 4. The third-order valence-corrected chi connectivity index (χ3v) is 6.42. The molecule has 0 N–H and O–H groups in total. The molecule has 5 rings (SSSR count). The van der Waals surface area contributed by atoms with Crippen LogP contribution in [-0.4, -0.2) is 17.4 Å². The van der Waals surface area contributed by atoms with Gasteiger partial charge >= 0.3 is 0 Å². The topological polar surface area (TPSA) is 49.7 Å². The van der Waals surface area contributed by atoms with Gasteiger partial charge in [0.15, 0.2) is 5.78 Å². The Morgan fingerprint density at radius 2 is 1.46 bits per heavy atom. The highest BCUT2D eigenvalue weighted by molar-refractivity contribution is 6.22. The van der Waals surface area contributed by atoms with Crippen LogP contribution in [0.4, 0.5) is 5.69 Å². The van der Waals surface area contributed by atoms with E-state index in [2.05, 4.69) is 6.07 Å². The third-order valence-electron chi connectivity index (χ3n) is 6.42. The average molecular weight is 459 g/mol. The number of nitrogens with zero attached hydrogens (tertiary/aromatic N) is 2. The molecule has 0 unspecified atom stereocenters. The second-order valence-corrected chi connectivity index (χ2v) is 8.83. The lowest BCUT2D eigenvalue weighted by Crippen LogP contribution is -2.33. The molecule has 1 aliphatic heterocycles. The van der Waals surface area contributed by atoms with Crippen molar-refractivity contribution in [2.24, 2.45) is 11.0 Å². The number of carbonyl (C=O) groups is 2. The summed E-state index contributed by atoms with van der Waals surface area (Å²) in [5.74, 6) is -1.06. The summed E-state index contributed by atoms with van der Waals surface area (Å²) in [6, 6.07) is 36.6. The van der Waals surface area contributed by atoms with Gasteiger partial charge in [0.1, 0.15) is 0 Å². The zero-order valence-electron chi connectivity index (χ0n) is 19.5. The molecule has 0 aromatic heterocycles. The van der Waals surface area contributed by atoms with Gasteiger partial charge in [-0.15, -0.1) is 0 Å². The lowest BCUT2D eigenvalue weighted by molar-refractivity contribution is -0.120. The van der Waals surface area contributed by atoms with Crippen molar-refractivity contribution in [3.63, 3.8) is 0 Å². The number of hydrogen-bond acceptors (Lipinski definition) is 3. The Kier molecular flexibility index (Phi) is 6.36. The number of hydrogen-bond donors (Lipinski definition) is 0. The Balaban J connectivity index is 1.62. The van der Waals surface area contributed by atoms with E-state index in [4.69, 9.17) is 5.10 Å². The number of rotatable bonds is 7. The average Bonchev–Trinajstić information content (AvgIpc) is 3.25. The SMILES string of the molecule is Cc1cccc([C@H](CC(=O)c2ccccc2)[C@@H]2C(=O)N(c3ccccc3)N=C2c2ccccc2)c1. The van der Waals surface area contributed by atoms with Crippen LogP contribution in [0.25, 0.3) is 0 Å². The second-order valence-electron chi connectivity index (χ2n) is 8.83. The maximum absolute atomic E-state index is 14.0. The van der Waals surface area contributed by atoms with Crippen LogP contribution in [0, 0.1) is 12.8 Å². The summed E-state index contributed by atoms with van der Waals surface area (Å²) in [7, 11) is 0. The minimum Gasteiger partial charge on any atom is -0.294 e. The van der Waals surface area contributed by atoms with Gasteiger partial charge in [-0.25, -0.2) is 0 Å². The monoisotopic (exact) mass is 458 g/mol. The third kappa shape index (κ3) is 4.69. The first-order valence-electron chi connectivity index (χ1n) is 11.8. The molecule has 4 aromatic carbocycles. The zero-order valence-corrected chi connectivity index (χ0v) is 19.5. The first-order chi connectivity index (χ1) is 17.1. The van der Waals surface area contributed by atoms with Crippen molar-refractivity contribution in [1.82, 2.24) is 0 Å². The summed E-state index contributed by atoms with van der Waals surface area (Å²) >= 11 is 0. The van der Waals surface area contributed by atoms with Gasteiger partial charge in [0.05, 0.1) is 17.3 Å². The van der Waals surface area contributed by atoms with E-state index in [-0.39, 0.29) is 24.0 Å². The molecule has 0 saturated carbocycles. The van der Waals surface area contributed by atoms with Crippen molar-refractivity contribution in [2.75, 3.05) is 5.01 Å². The van der Waals surface area contributed by atoms with Crippen molar-refractivity contribution in [3.8, 4) is 0 Å². The first-order valence-corrected chi connectivity index (χ1v) is 11.8. The number of Topliss-reactive ketones (excluding diaryl/α,β-unsaturated/α-hetero) is 1. The van der Waals surface area contributed by atoms with Gasteiger partial charge < -0.3 is 0 Å². The highest BCUT2D eigenvalue weighted by Gasteiger charge is 2.43. The fourth-order valence-electron chi connectivity index (χ4n) is 4.70. The molecule has 4 heteroatoms. The molecule has 172 valence electrons. The minimum absolute atomic E-state index is 0.00970. The van der Waals surface area contributed by atoms with Gasteiger partial charge in [0.2, 0.25) is 0 Å². The van der Waals surface area contributed by atoms with Crippen molar-refractivity contribution < 1.29 is 9.59 Å². The van der Waals surface area contributed by atoms with Crippen LogP contribution in [0.2, 0.25) is 0 Å². The van der Waals surface area contributed by atoms with E-state index in [0.717, 1.165) is 16.7 Å². The highest BCUT2D eigenvalue weighted by Crippen LogP contribution is 2.39. The molecule has 0 saturated heterocycles. The van der Waals surface area contributed by atoms with E-state index in [1.165, 1.54) is 5.01 Å². The van der Waals surface area contributed by atoms with E-state index in [1.807, 2.05) is 116 Å². The van der Waals surface area contributed by atoms with Crippen molar-refractivity contribution in [3.05, 3.63) is 138 Å². The second kappa shape index (κ2) is 9.90. The van der Waals surface area contributed by atoms with Crippen molar-refractivity contribution in [2.45, 2.75) is 19.3 Å². The van der Waals surface area contributed by atoms with Crippen LogP contribution in [0.5, 0.6) is 0 Å². The van der Waals surface area contributed by atoms with Crippen LogP contribution >= 0.6 is 0 Å². The fourth-order valence-corrected chi connectivity index (χ4v) is 4.70. The smallest absolute Gasteiger partial charge is 0.257 e. The number of aryl methyl sites for hydroxylation is 1. The van der Waals surface area contributed by atoms with Crippen molar-refractivity contribution >= 4 is 23.1 Å². The quantitative estimate of drug-likeness (QED) is 0.300. The Morgan fingerprint density at radius 1 is 0.829 bits per heavy atom. The van der Waals surface area contributed by atoms with Crippen LogP contribution in [0.1, 0.15) is 39.4 Å². The normalized spacial score (nSPS) is 16.1. The summed E-state index contributed by atoms with van der Waals surface area (Å²) in [5.41, 5.74) is 4.98. The van der Waals surface area contributed by atoms with Crippen molar-refractivity contribution in [1.29, 1.82) is 0 Å². The van der Waals surface area contributed by atoms with E-state index >= 15 is 0 Å². The molecule has 35 heavy (non-hydrogen) atoms. The van der Waals surface area contributed by atoms with Gasteiger partial charge in [-0.05, 0) is 30.2 Å². The Morgan fingerprint density at radius 3 is 2.11 bits per heavy atom. The molecule has 4 aromatic rings. The summed E-state index contributed by atoms with van der Waals surface area (Å²) in [6.45, 7) is 2.03. The molecule has 2 atom stereocenters. The zero-order chi connectivity index (χ0) is 24.2. The number of ketones is 1. The number of carbonyl (C=O) groups excluding carboxylic acids is 2. The van der Waals surface area contributed by atoms with Gasteiger partial charge in [-0.1, -0.05) is 109 Å². The van der Waals surface area contributed by atoms with Crippen LogP contribution in [-0.2, 0) is 4.79 Å². The predicted octanol–water partition coefficient (Wildman–Crippen LogP) is 6.42. The largest absolute Gasteiger partial charge is 0.294 e. The Labute approximate surface area is 205 Å². The van der Waals surface area contributed by atoms with Crippen LogP contribution in [0.3, 0.4) is 0 Å². The van der Waals surface area contributed by atoms with E-state index in [9.17, 15) is 9.59 Å². The summed E-state index contributed by atoms with van der Waals surface area (Å²) in [5, 5.41) is 6.32. The van der Waals surface area contributed by atoms with Gasteiger partial charge in [0.25, 0.3) is 5.91 Å². The molecule has 1 amide bonds. The molecule has 0 radical (unpaired) electrons. The summed E-state index contributed by atoms with van der Waals surface area (Å²) in [6.07, 6.45) is 0.207. The predicted molar refractivity (Wildman–Crippen MR) is 140 cm³/mol. The molecular formula is C31H26N2O2. The molecule has 1 aliphatic rings. The number of para-hydroxylation sites is 1. The lowest BCUT2D eigenvalue weighted by Gasteiger charge is -2.25. The first kappa shape index (κ1) is 22.5. The Bertz CT molecular complexity index is 1370. The molecule has 0 fully saturated rings. The molecule has 0 aliphatic carbocycles. The maximum atomic E-state index is 14.0. The van der Waals surface area contributed by atoms with Crippen LogP contribution in [0.15, 0.2) is 120 Å².